The summed E-state index contributed by atoms with van der Waals surface area (Å²) in [6.45, 7) is 8.07. The zero-order valence-corrected chi connectivity index (χ0v) is 15.4. The van der Waals surface area contributed by atoms with E-state index in [2.05, 4.69) is 64.4 Å². The molecule has 3 nitrogen and oxygen atoms in total. The molecule has 0 aliphatic carbocycles. The Bertz CT molecular complexity index is 664. The van der Waals surface area contributed by atoms with Crippen LogP contribution in [-0.4, -0.2) is 20.0 Å². The van der Waals surface area contributed by atoms with Gasteiger partial charge in [-0.1, -0.05) is 57.2 Å². The average molecular weight is 325 g/mol. The van der Waals surface area contributed by atoms with Crippen molar-refractivity contribution < 1.29 is 9.69 Å². The molecule has 2 aromatic rings. The van der Waals surface area contributed by atoms with Crippen molar-refractivity contribution in [3.8, 4) is 0 Å². The van der Waals surface area contributed by atoms with Crippen LogP contribution in [0.25, 0.3) is 0 Å². The molecule has 0 unspecified atom stereocenters. The molecule has 0 heterocycles. The first-order chi connectivity index (χ1) is 11.3. The molecular formula is C21H29N2O+. The highest BCUT2D eigenvalue weighted by Crippen LogP contribution is 2.22. The molecule has 2 N–H and O–H groups in total. The second kappa shape index (κ2) is 7.63. The Morgan fingerprint density at radius 3 is 1.96 bits per heavy atom. The van der Waals surface area contributed by atoms with E-state index in [4.69, 9.17) is 0 Å². The number of hydrogen-bond donors (Lipinski definition) is 2. The maximum Gasteiger partial charge on any atom is 0.251 e. The van der Waals surface area contributed by atoms with Crippen molar-refractivity contribution >= 4 is 5.91 Å². The Hall–Kier alpha value is -2.13. The van der Waals surface area contributed by atoms with E-state index in [0.717, 1.165) is 12.1 Å². The largest absolute Gasteiger partial charge is 0.348 e. The molecule has 2 rings (SSSR count). The summed E-state index contributed by atoms with van der Waals surface area (Å²) in [6, 6.07) is 16.3. The summed E-state index contributed by atoms with van der Waals surface area (Å²) < 4.78 is 0. The monoisotopic (exact) mass is 325 g/mol. The van der Waals surface area contributed by atoms with Crippen molar-refractivity contribution in [1.82, 2.24) is 5.32 Å². The van der Waals surface area contributed by atoms with E-state index >= 15 is 0 Å². The first-order valence-corrected chi connectivity index (χ1v) is 8.51. The minimum absolute atomic E-state index is 0.0303. The lowest BCUT2D eigenvalue weighted by atomic mass is 9.87. The molecular weight excluding hydrogens is 296 g/mol. The SMILES string of the molecule is C[NH+](C)Cc1ccc(CNC(=O)c2ccc(C(C)(C)C)cc2)cc1. The molecule has 0 aliphatic heterocycles. The predicted octanol–water partition coefficient (Wildman–Crippen LogP) is 2.56. The van der Waals surface area contributed by atoms with Crippen LogP contribution in [-0.2, 0) is 18.5 Å². The van der Waals surface area contributed by atoms with Gasteiger partial charge in [0.1, 0.15) is 6.54 Å². The minimum atomic E-state index is -0.0303. The third kappa shape index (κ3) is 5.20. The second-order valence-electron chi connectivity index (χ2n) is 7.71. The van der Waals surface area contributed by atoms with Crippen LogP contribution < -0.4 is 10.2 Å². The van der Waals surface area contributed by atoms with Gasteiger partial charge in [-0.2, -0.15) is 0 Å². The van der Waals surface area contributed by atoms with Gasteiger partial charge in [-0.15, -0.1) is 0 Å². The number of carbonyl (C=O) groups is 1. The maximum atomic E-state index is 12.3. The first-order valence-electron chi connectivity index (χ1n) is 8.51. The Labute approximate surface area is 145 Å². The van der Waals surface area contributed by atoms with E-state index in [1.165, 1.54) is 16.0 Å². The first kappa shape index (κ1) is 18.2. The summed E-state index contributed by atoms with van der Waals surface area (Å²) in [4.78, 5) is 13.7. The molecule has 128 valence electrons. The lowest BCUT2D eigenvalue weighted by molar-refractivity contribution is -0.872. The molecule has 2 aromatic carbocycles. The lowest BCUT2D eigenvalue weighted by Gasteiger charge is -2.19. The summed E-state index contributed by atoms with van der Waals surface area (Å²) in [7, 11) is 4.28. The molecule has 0 aromatic heterocycles. The fourth-order valence-electron chi connectivity index (χ4n) is 2.59. The number of hydrogen-bond acceptors (Lipinski definition) is 1. The van der Waals surface area contributed by atoms with Gasteiger partial charge in [0, 0.05) is 17.7 Å². The predicted molar refractivity (Wildman–Crippen MR) is 99.3 cm³/mol. The summed E-state index contributed by atoms with van der Waals surface area (Å²) in [5.41, 5.74) is 4.47. The van der Waals surface area contributed by atoms with Crippen LogP contribution in [0.3, 0.4) is 0 Å². The zero-order valence-electron chi connectivity index (χ0n) is 15.4. The highest BCUT2D eigenvalue weighted by atomic mass is 16.1. The van der Waals surface area contributed by atoms with E-state index in [0.29, 0.717) is 12.1 Å². The molecule has 0 radical (unpaired) electrons. The third-order valence-electron chi connectivity index (χ3n) is 4.05. The van der Waals surface area contributed by atoms with E-state index in [1.807, 2.05) is 24.3 Å². The van der Waals surface area contributed by atoms with Gasteiger partial charge in [0.15, 0.2) is 0 Å². The van der Waals surface area contributed by atoms with Crippen LogP contribution in [0.2, 0.25) is 0 Å². The van der Waals surface area contributed by atoms with Gasteiger partial charge in [-0.3, -0.25) is 4.79 Å². The Morgan fingerprint density at radius 1 is 0.917 bits per heavy atom. The highest BCUT2D eigenvalue weighted by molar-refractivity contribution is 5.94. The Balaban J connectivity index is 1.93. The topological polar surface area (TPSA) is 33.5 Å². The van der Waals surface area contributed by atoms with Crippen molar-refractivity contribution in [2.24, 2.45) is 0 Å². The molecule has 0 saturated carbocycles. The van der Waals surface area contributed by atoms with Gasteiger partial charge in [0.25, 0.3) is 5.91 Å². The normalized spacial score (nSPS) is 11.6. The van der Waals surface area contributed by atoms with Gasteiger partial charge in [-0.05, 0) is 28.7 Å². The third-order valence-corrected chi connectivity index (χ3v) is 4.05. The minimum Gasteiger partial charge on any atom is -0.348 e. The fourth-order valence-corrected chi connectivity index (χ4v) is 2.59. The fraction of sp³-hybridized carbons (Fsp3) is 0.381. The van der Waals surface area contributed by atoms with E-state index in [-0.39, 0.29) is 11.3 Å². The molecule has 3 heteroatoms. The standard InChI is InChI=1S/C21H28N2O/c1-21(2,3)19-12-10-18(11-13-19)20(24)22-14-16-6-8-17(9-7-16)15-23(4)5/h6-13H,14-15H2,1-5H3,(H,22,24)/p+1. The van der Waals surface area contributed by atoms with Crippen LogP contribution in [0.4, 0.5) is 0 Å². The number of benzene rings is 2. The summed E-state index contributed by atoms with van der Waals surface area (Å²) >= 11 is 0. The van der Waals surface area contributed by atoms with Gasteiger partial charge in [0.05, 0.1) is 14.1 Å². The molecule has 0 spiro atoms. The van der Waals surface area contributed by atoms with Crippen molar-refractivity contribution in [1.29, 1.82) is 0 Å². The molecule has 0 bridgehead atoms. The van der Waals surface area contributed by atoms with E-state index in [1.54, 1.807) is 0 Å². The van der Waals surface area contributed by atoms with Crippen molar-refractivity contribution in [3.63, 3.8) is 0 Å². The Morgan fingerprint density at radius 2 is 1.46 bits per heavy atom. The van der Waals surface area contributed by atoms with Gasteiger partial charge >= 0.3 is 0 Å². The van der Waals surface area contributed by atoms with Crippen LogP contribution in [0, 0.1) is 0 Å². The molecule has 24 heavy (non-hydrogen) atoms. The summed E-state index contributed by atoms with van der Waals surface area (Å²) in [5, 5.41) is 2.99. The summed E-state index contributed by atoms with van der Waals surface area (Å²) in [6.07, 6.45) is 0. The zero-order chi connectivity index (χ0) is 17.7. The van der Waals surface area contributed by atoms with Crippen molar-refractivity contribution in [2.45, 2.75) is 39.3 Å². The Kier molecular flexibility index (Phi) is 5.79. The second-order valence-corrected chi connectivity index (χ2v) is 7.71. The molecule has 0 fully saturated rings. The average Bonchev–Trinajstić information content (AvgIpc) is 2.52. The van der Waals surface area contributed by atoms with E-state index < -0.39 is 0 Å². The van der Waals surface area contributed by atoms with Crippen LogP contribution >= 0.6 is 0 Å². The van der Waals surface area contributed by atoms with Crippen molar-refractivity contribution in [3.05, 3.63) is 70.8 Å². The molecule has 0 saturated heterocycles. The molecule has 0 aliphatic rings. The number of carbonyl (C=O) groups excluding carboxylic acids is 1. The number of rotatable bonds is 5. The van der Waals surface area contributed by atoms with Crippen LogP contribution in [0.1, 0.15) is 47.8 Å². The lowest BCUT2D eigenvalue weighted by Crippen LogP contribution is -3.04. The van der Waals surface area contributed by atoms with Gasteiger partial charge < -0.3 is 10.2 Å². The number of nitrogens with one attached hydrogen (secondary N) is 2. The van der Waals surface area contributed by atoms with Gasteiger partial charge in [-0.25, -0.2) is 0 Å². The van der Waals surface area contributed by atoms with E-state index in [9.17, 15) is 4.79 Å². The molecule has 1 amide bonds. The number of quaternary nitrogens is 1. The maximum absolute atomic E-state index is 12.3. The quantitative estimate of drug-likeness (QED) is 0.870. The smallest absolute Gasteiger partial charge is 0.251 e. The van der Waals surface area contributed by atoms with Gasteiger partial charge in [0.2, 0.25) is 0 Å². The summed E-state index contributed by atoms with van der Waals surface area (Å²) in [5.74, 6) is -0.0303. The van der Waals surface area contributed by atoms with Crippen LogP contribution in [0.5, 0.6) is 0 Å². The van der Waals surface area contributed by atoms with Crippen LogP contribution in [0.15, 0.2) is 48.5 Å². The van der Waals surface area contributed by atoms with Crippen molar-refractivity contribution in [2.75, 3.05) is 14.1 Å². The molecule has 0 atom stereocenters. The highest BCUT2D eigenvalue weighted by Gasteiger charge is 2.14. The number of amides is 1.